The lowest BCUT2D eigenvalue weighted by atomic mass is 10.2. The largest absolute Gasteiger partial charge is 0.489 e. The van der Waals surface area contributed by atoms with Gasteiger partial charge in [0.05, 0.1) is 18.2 Å². The molecule has 8 heteroatoms. The first kappa shape index (κ1) is 15.4. The van der Waals surface area contributed by atoms with Crippen molar-refractivity contribution in [2.45, 2.75) is 17.4 Å². The van der Waals surface area contributed by atoms with Crippen LogP contribution in [0.2, 0.25) is 5.02 Å². The number of nitrogens with one attached hydrogen (secondary N) is 1. The third-order valence-corrected chi connectivity index (χ3v) is 4.63. The molecule has 3 aromatic rings. The Kier molecular flexibility index (Phi) is 4.36. The Morgan fingerprint density at radius 3 is 3.00 bits per heavy atom. The number of nitrogens with zero attached hydrogens (tertiary/aromatic N) is 2. The van der Waals surface area contributed by atoms with Crippen LogP contribution in [0.25, 0.3) is 11.6 Å². The van der Waals surface area contributed by atoms with Gasteiger partial charge in [0.15, 0.2) is 11.5 Å². The second kappa shape index (κ2) is 6.78. The monoisotopic (exact) mass is 363 g/mol. The van der Waals surface area contributed by atoms with E-state index in [0.29, 0.717) is 46.6 Å². The first-order valence-corrected chi connectivity index (χ1v) is 8.84. The highest BCUT2D eigenvalue weighted by Crippen LogP contribution is 2.39. The van der Waals surface area contributed by atoms with Crippen LogP contribution in [0.15, 0.2) is 40.1 Å². The molecule has 124 valence electrons. The van der Waals surface area contributed by atoms with Crippen molar-refractivity contribution in [3.05, 3.63) is 41.0 Å². The van der Waals surface area contributed by atoms with Crippen LogP contribution in [-0.4, -0.2) is 28.4 Å². The fraction of sp³-hybridized carbons (Fsp3) is 0.250. The summed E-state index contributed by atoms with van der Waals surface area (Å²) in [7, 11) is 0. The van der Waals surface area contributed by atoms with E-state index in [1.165, 1.54) is 11.8 Å². The molecule has 0 saturated heterocycles. The van der Waals surface area contributed by atoms with Crippen molar-refractivity contribution in [3.8, 4) is 23.1 Å². The van der Waals surface area contributed by atoms with Crippen molar-refractivity contribution in [1.29, 1.82) is 0 Å². The molecule has 4 rings (SSSR count). The molecule has 0 atom stereocenters. The van der Waals surface area contributed by atoms with Gasteiger partial charge in [-0.3, -0.25) is 0 Å². The molecular weight excluding hydrogens is 350 g/mol. The van der Waals surface area contributed by atoms with E-state index in [4.69, 9.17) is 25.5 Å². The molecule has 0 saturated carbocycles. The third-order valence-electron chi connectivity index (χ3n) is 3.46. The topological polar surface area (TPSA) is 73.2 Å². The second-order valence-electron chi connectivity index (χ2n) is 5.20. The molecule has 0 amide bonds. The van der Waals surface area contributed by atoms with Crippen LogP contribution in [0, 0.1) is 0 Å². The fourth-order valence-corrected chi connectivity index (χ4v) is 3.33. The Morgan fingerprint density at radius 2 is 2.12 bits per heavy atom. The second-order valence-corrected chi connectivity index (χ2v) is 6.53. The molecule has 0 unspecified atom stereocenters. The van der Waals surface area contributed by atoms with Gasteiger partial charge in [-0.25, -0.2) is 0 Å². The summed E-state index contributed by atoms with van der Waals surface area (Å²) in [6.07, 6.45) is 2.66. The van der Waals surface area contributed by atoms with Gasteiger partial charge < -0.3 is 18.9 Å². The van der Waals surface area contributed by atoms with Gasteiger partial charge in [-0.05, 0) is 29.8 Å². The van der Waals surface area contributed by atoms with Gasteiger partial charge in [0, 0.05) is 18.4 Å². The number of hydrogen-bond donors (Lipinski definition) is 1. The number of fused-ring (bicyclic) bond motifs is 1. The van der Waals surface area contributed by atoms with Gasteiger partial charge in [0.1, 0.15) is 5.69 Å². The van der Waals surface area contributed by atoms with E-state index in [1.807, 2.05) is 30.5 Å². The molecule has 0 aliphatic carbocycles. The van der Waals surface area contributed by atoms with Crippen molar-refractivity contribution in [2.75, 3.05) is 13.2 Å². The molecule has 0 fully saturated rings. The zero-order chi connectivity index (χ0) is 16.4. The lowest BCUT2D eigenvalue weighted by Gasteiger charge is -2.10. The minimum atomic E-state index is 0.471. The Morgan fingerprint density at radius 1 is 1.21 bits per heavy atom. The van der Waals surface area contributed by atoms with E-state index >= 15 is 0 Å². The summed E-state index contributed by atoms with van der Waals surface area (Å²) >= 11 is 7.75. The Balaban J connectivity index is 1.48. The van der Waals surface area contributed by atoms with Crippen LogP contribution in [0.5, 0.6) is 11.5 Å². The van der Waals surface area contributed by atoms with Gasteiger partial charge in [0.2, 0.25) is 0 Å². The minimum Gasteiger partial charge on any atom is -0.489 e. The Bertz CT molecular complexity index is 835. The highest BCUT2D eigenvalue weighted by Gasteiger charge is 2.16. The highest BCUT2D eigenvalue weighted by atomic mass is 35.5. The average Bonchev–Trinajstić information content (AvgIpc) is 3.21. The van der Waals surface area contributed by atoms with Gasteiger partial charge in [0.25, 0.3) is 11.1 Å². The maximum atomic E-state index is 6.30. The first-order chi connectivity index (χ1) is 11.8. The van der Waals surface area contributed by atoms with Crippen molar-refractivity contribution >= 4 is 23.4 Å². The normalized spacial score (nSPS) is 13.7. The van der Waals surface area contributed by atoms with E-state index in [0.717, 1.165) is 17.7 Å². The molecule has 24 heavy (non-hydrogen) atoms. The lowest BCUT2D eigenvalue weighted by molar-refractivity contribution is 0.297. The molecule has 2 aromatic heterocycles. The SMILES string of the molecule is Clc1cc(CSc2nnc(-c3ccc[nH]3)o2)cc2c1OCCCO2. The number of benzene rings is 1. The first-order valence-electron chi connectivity index (χ1n) is 7.48. The number of ether oxygens (including phenoxy) is 2. The van der Waals surface area contributed by atoms with Gasteiger partial charge >= 0.3 is 0 Å². The molecule has 6 nitrogen and oxygen atoms in total. The van der Waals surface area contributed by atoms with E-state index < -0.39 is 0 Å². The molecule has 1 aliphatic heterocycles. The Labute approximate surface area is 147 Å². The number of aromatic amines is 1. The van der Waals surface area contributed by atoms with Gasteiger partial charge in [-0.2, -0.15) is 0 Å². The number of hydrogen-bond acceptors (Lipinski definition) is 6. The zero-order valence-corrected chi connectivity index (χ0v) is 14.2. The van der Waals surface area contributed by atoms with Gasteiger partial charge in [-0.1, -0.05) is 23.4 Å². The van der Waals surface area contributed by atoms with Crippen LogP contribution < -0.4 is 9.47 Å². The fourth-order valence-electron chi connectivity index (χ4n) is 2.35. The van der Waals surface area contributed by atoms with Crippen molar-refractivity contribution in [2.24, 2.45) is 0 Å². The van der Waals surface area contributed by atoms with Crippen LogP contribution in [-0.2, 0) is 5.75 Å². The summed E-state index contributed by atoms with van der Waals surface area (Å²) in [4.78, 5) is 3.03. The van der Waals surface area contributed by atoms with Crippen LogP contribution in [0.3, 0.4) is 0 Å². The number of rotatable bonds is 4. The van der Waals surface area contributed by atoms with E-state index in [1.54, 1.807) is 0 Å². The van der Waals surface area contributed by atoms with Crippen LogP contribution in [0.4, 0.5) is 0 Å². The summed E-state index contributed by atoms with van der Waals surface area (Å²) in [6.45, 7) is 1.24. The predicted octanol–water partition coefficient (Wildman–Crippen LogP) is 4.17. The highest BCUT2D eigenvalue weighted by molar-refractivity contribution is 7.98. The third kappa shape index (κ3) is 3.22. The van der Waals surface area contributed by atoms with Crippen molar-refractivity contribution in [3.63, 3.8) is 0 Å². The maximum Gasteiger partial charge on any atom is 0.277 e. The summed E-state index contributed by atoms with van der Waals surface area (Å²) in [5, 5.41) is 9.14. The predicted molar refractivity (Wildman–Crippen MR) is 90.7 cm³/mol. The molecule has 0 radical (unpaired) electrons. The standard InChI is InChI=1S/C16H14ClN3O3S/c17-11-7-10(8-13-14(11)22-6-2-5-21-13)9-24-16-20-19-15(23-16)12-3-1-4-18-12/h1,3-4,7-8,18H,2,5-6,9H2. The molecule has 1 aromatic carbocycles. The Hall–Kier alpha value is -2.12. The summed E-state index contributed by atoms with van der Waals surface area (Å²) < 4.78 is 17.0. The average molecular weight is 364 g/mol. The van der Waals surface area contributed by atoms with E-state index in [9.17, 15) is 0 Å². The minimum absolute atomic E-state index is 0.471. The number of halogens is 1. The maximum absolute atomic E-state index is 6.30. The molecule has 1 aliphatic rings. The number of H-pyrrole nitrogens is 1. The van der Waals surface area contributed by atoms with E-state index in [2.05, 4.69) is 15.2 Å². The van der Waals surface area contributed by atoms with Gasteiger partial charge in [-0.15, -0.1) is 10.2 Å². The number of aromatic nitrogens is 3. The zero-order valence-electron chi connectivity index (χ0n) is 12.6. The van der Waals surface area contributed by atoms with E-state index in [-0.39, 0.29) is 0 Å². The van der Waals surface area contributed by atoms with Crippen molar-refractivity contribution < 1.29 is 13.9 Å². The summed E-state index contributed by atoms with van der Waals surface area (Å²) in [5.74, 6) is 2.42. The molecule has 1 N–H and O–H groups in total. The molecule has 0 spiro atoms. The van der Waals surface area contributed by atoms with Crippen LogP contribution >= 0.6 is 23.4 Å². The quantitative estimate of drug-likeness (QED) is 0.701. The van der Waals surface area contributed by atoms with Crippen LogP contribution in [0.1, 0.15) is 12.0 Å². The molecule has 3 heterocycles. The molecule has 0 bridgehead atoms. The van der Waals surface area contributed by atoms with Crippen molar-refractivity contribution in [1.82, 2.24) is 15.2 Å². The smallest absolute Gasteiger partial charge is 0.277 e. The summed E-state index contributed by atoms with van der Waals surface area (Å²) in [6, 6.07) is 7.59. The lowest BCUT2D eigenvalue weighted by Crippen LogP contribution is -1.97. The number of thioether (sulfide) groups is 1. The molecular formula is C16H14ClN3O3S. The summed E-state index contributed by atoms with van der Waals surface area (Å²) in [5.41, 5.74) is 1.81.